The molecule has 1 aliphatic carbocycles. The third-order valence-electron chi connectivity index (χ3n) is 7.35. The van der Waals surface area contributed by atoms with Gasteiger partial charge in [-0.05, 0) is 88.1 Å². The maximum atomic E-state index is 14.9. The van der Waals surface area contributed by atoms with E-state index in [1.807, 2.05) is 26.8 Å². The first kappa shape index (κ1) is 25.5. The zero-order valence-electron chi connectivity index (χ0n) is 21.4. The molecule has 3 aromatic rings. The summed E-state index contributed by atoms with van der Waals surface area (Å²) in [5, 5.41) is 4.81. The van der Waals surface area contributed by atoms with Crippen molar-refractivity contribution in [1.29, 1.82) is 0 Å². The van der Waals surface area contributed by atoms with Crippen LogP contribution in [0, 0.1) is 31.5 Å². The lowest BCUT2D eigenvalue weighted by Gasteiger charge is -2.23. The molecule has 3 fully saturated rings. The fourth-order valence-corrected chi connectivity index (χ4v) is 5.52. The van der Waals surface area contributed by atoms with Gasteiger partial charge in [0.1, 0.15) is 17.2 Å². The summed E-state index contributed by atoms with van der Waals surface area (Å²) in [6.45, 7) is 9.79. The molecule has 1 aromatic carbocycles. The number of hydrogen-bond donors (Lipinski definition) is 1. The highest BCUT2D eigenvalue weighted by Crippen LogP contribution is 2.43. The van der Waals surface area contributed by atoms with Crippen LogP contribution in [0.1, 0.15) is 56.0 Å². The summed E-state index contributed by atoms with van der Waals surface area (Å²) >= 11 is 0. The number of halogens is 1. The van der Waals surface area contributed by atoms with Crippen molar-refractivity contribution in [3.8, 4) is 11.5 Å². The van der Waals surface area contributed by atoms with Gasteiger partial charge in [-0.15, -0.1) is 0 Å². The summed E-state index contributed by atoms with van der Waals surface area (Å²) < 4.78 is 25.4. The average Bonchev–Trinajstić information content (AvgIpc) is 3.66. The van der Waals surface area contributed by atoms with Crippen LogP contribution in [-0.2, 0) is 11.2 Å². The zero-order chi connectivity index (χ0) is 24.9. The lowest BCUT2D eigenvalue weighted by molar-refractivity contribution is 0.198. The molecule has 8 heteroatoms. The van der Waals surface area contributed by atoms with Gasteiger partial charge in [0.15, 0.2) is 5.82 Å². The quantitative estimate of drug-likeness (QED) is 0.547. The van der Waals surface area contributed by atoms with Crippen LogP contribution in [-0.4, -0.2) is 48.5 Å². The predicted molar refractivity (Wildman–Crippen MR) is 137 cm³/mol. The highest BCUT2D eigenvalue weighted by Gasteiger charge is 2.38. The molecule has 2 saturated heterocycles. The van der Waals surface area contributed by atoms with E-state index in [9.17, 15) is 4.39 Å². The average molecular weight is 484 g/mol. The molecule has 1 saturated carbocycles. The molecule has 0 amide bonds. The number of nitrogens with two attached hydrogens (primary N) is 1. The maximum Gasteiger partial charge on any atom is 0.261 e. The van der Waals surface area contributed by atoms with Gasteiger partial charge in [-0.25, -0.2) is 9.37 Å². The number of ether oxygens (including phenoxy) is 1. The topological polar surface area (TPSA) is 90.3 Å². The van der Waals surface area contributed by atoms with Crippen molar-refractivity contribution < 1.29 is 13.7 Å². The SMILES string of the molecule is C1CCOC1.CCc1cc(F)c2nc(N3CC4CCC[C@@H]4C3)c(-c3nc(C)no3)c(C)c2c1.CN. The van der Waals surface area contributed by atoms with Crippen LogP contribution in [0.25, 0.3) is 22.4 Å². The van der Waals surface area contributed by atoms with E-state index in [1.54, 1.807) is 6.07 Å². The van der Waals surface area contributed by atoms with Crippen molar-refractivity contribution in [2.24, 2.45) is 17.6 Å². The van der Waals surface area contributed by atoms with Crippen molar-refractivity contribution in [1.82, 2.24) is 15.1 Å². The van der Waals surface area contributed by atoms with Crippen molar-refractivity contribution in [3.63, 3.8) is 0 Å². The van der Waals surface area contributed by atoms with E-state index in [1.165, 1.54) is 39.2 Å². The smallest absolute Gasteiger partial charge is 0.261 e. The highest BCUT2D eigenvalue weighted by atomic mass is 19.1. The Kier molecular flexibility index (Phi) is 8.34. The van der Waals surface area contributed by atoms with E-state index in [0.29, 0.717) is 29.1 Å². The Labute approximate surface area is 207 Å². The van der Waals surface area contributed by atoms with Gasteiger partial charge in [0, 0.05) is 31.7 Å². The summed E-state index contributed by atoms with van der Waals surface area (Å²) in [7, 11) is 1.50. The molecule has 6 rings (SSSR count). The number of hydrogen-bond acceptors (Lipinski definition) is 7. The van der Waals surface area contributed by atoms with Crippen LogP contribution >= 0.6 is 0 Å². The van der Waals surface area contributed by atoms with E-state index in [-0.39, 0.29) is 5.82 Å². The fraction of sp³-hybridized carbons (Fsp3) is 0.593. The third-order valence-corrected chi connectivity index (χ3v) is 7.35. The first-order valence-corrected chi connectivity index (χ1v) is 12.9. The third kappa shape index (κ3) is 5.33. The van der Waals surface area contributed by atoms with Gasteiger partial charge in [-0.3, -0.25) is 0 Å². The Morgan fingerprint density at radius 2 is 1.71 bits per heavy atom. The Morgan fingerprint density at radius 3 is 2.26 bits per heavy atom. The number of aryl methyl sites for hydroxylation is 3. The van der Waals surface area contributed by atoms with Gasteiger partial charge < -0.3 is 19.9 Å². The highest BCUT2D eigenvalue weighted by molar-refractivity contribution is 5.93. The number of rotatable bonds is 3. The van der Waals surface area contributed by atoms with E-state index < -0.39 is 0 Å². The fourth-order valence-electron chi connectivity index (χ4n) is 5.52. The Hall–Kier alpha value is -2.58. The van der Waals surface area contributed by atoms with Gasteiger partial charge in [0.05, 0.1) is 5.56 Å². The molecule has 0 radical (unpaired) electrons. The first-order valence-electron chi connectivity index (χ1n) is 12.9. The molecular weight excluding hydrogens is 445 g/mol. The van der Waals surface area contributed by atoms with Gasteiger partial charge in [0.25, 0.3) is 5.89 Å². The summed E-state index contributed by atoms with van der Waals surface area (Å²) in [6.07, 6.45) is 7.20. The van der Waals surface area contributed by atoms with Crippen LogP contribution in [0.2, 0.25) is 0 Å². The zero-order valence-corrected chi connectivity index (χ0v) is 21.4. The molecule has 35 heavy (non-hydrogen) atoms. The molecule has 190 valence electrons. The van der Waals surface area contributed by atoms with Crippen molar-refractivity contribution >= 4 is 16.7 Å². The molecule has 2 atom stereocenters. The molecule has 7 nitrogen and oxygen atoms in total. The minimum Gasteiger partial charge on any atom is -0.381 e. The van der Waals surface area contributed by atoms with Gasteiger partial charge in [-0.2, -0.15) is 4.98 Å². The summed E-state index contributed by atoms with van der Waals surface area (Å²) in [6, 6.07) is 3.64. The molecule has 3 aliphatic rings. The van der Waals surface area contributed by atoms with Gasteiger partial charge in [-0.1, -0.05) is 18.5 Å². The second-order valence-electron chi connectivity index (χ2n) is 9.59. The molecule has 2 aliphatic heterocycles. The molecule has 0 bridgehead atoms. The second kappa shape index (κ2) is 11.4. The van der Waals surface area contributed by atoms with Crippen molar-refractivity contribution in [2.75, 3.05) is 38.3 Å². The standard InChI is InChI=1S/C22H25FN4O.C4H8O.CH5N/c1-4-14-8-17-12(2)19(22-24-13(3)26-28-22)21(25-20(17)18(23)9-14)27-10-15-6-5-7-16(15)11-27;1-2-4-5-3-1;1-2/h8-9,15-16H,4-7,10-11H2,1-3H3;1-4H2;2H2,1H3/t15-,16?;;/m1../s1. The van der Waals surface area contributed by atoms with Crippen LogP contribution in [0.15, 0.2) is 16.7 Å². The monoisotopic (exact) mass is 483 g/mol. The lowest BCUT2D eigenvalue weighted by Crippen LogP contribution is -2.23. The normalized spacial score (nSPS) is 20.9. The number of nitrogens with zero attached hydrogens (tertiary/aromatic N) is 4. The van der Waals surface area contributed by atoms with E-state index >= 15 is 0 Å². The number of pyridine rings is 1. The Bertz CT molecular complexity index is 1120. The molecule has 1 unspecified atom stereocenters. The number of benzene rings is 1. The molecule has 2 N–H and O–H groups in total. The summed E-state index contributed by atoms with van der Waals surface area (Å²) in [4.78, 5) is 11.6. The minimum atomic E-state index is -0.258. The van der Waals surface area contributed by atoms with Crippen LogP contribution in [0.5, 0.6) is 0 Å². The van der Waals surface area contributed by atoms with Crippen LogP contribution < -0.4 is 10.6 Å². The van der Waals surface area contributed by atoms with Gasteiger partial charge in [0.2, 0.25) is 0 Å². The summed E-state index contributed by atoms with van der Waals surface area (Å²) in [5.74, 6) is 3.01. The van der Waals surface area contributed by atoms with E-state index in [4.69, 9.17) is 14.2 Å². The number of fused-ring (bicyclic) bond motifs is 2. The maximum absolute atomic E-state index is 14.9. The predicted octanol–water partition coefficient (Wildman–Crippen LogP) is 5.21. The van der Waals surface area contributed by atoms with Crippen molar-refractivity contribution in [2.45, 2.75) is 59.3 Å². The summed E-state index contributed by atoms with van der Waals surface area (Å²) in [5.41, 5.74) is 7.70. The molecule has 0 spiro atoms. The molecule has 2 aromatic heterocycles. The first-order chi connectivity index (χ1) is 17.0. The number of aromatic nitrogens is 3. The number of anilines is 1. The Morgan fingerprint density at radius 1 is 1.03 bits per heavy atom. The van der Waals surface area contributed by atoms with E-state index in [2.05, 4.69) is 20.8 Å². The van der Waals surface area contributed by atoms with Crippen molar-refractivity contribution in [3.05, 3.63) is 34.9 Å². The Balaban J connectivity index is 0.000000362. The van der Waals surface area contributed by atoms with E-state index in [0.717, 1.165) is 60.6 Å². The van der Waals surface area contributed by atoms with Crippen LogP contribution in [0.4, 0.5) is 10.2 Å². The second-order valence-corrected chi connectivity index (χ2v) is 9.59. The lowest BCUT2D eigenvalue weighted by atomic mass is 10.00. The van der Waals surface area contributed by atoms with Gasteiger partial charge >= 0.3 is 0 Å². The molecular formula is C27H38FN5O2. The largest absolute Gasteiger partial charge is 0.381 e. The minimum absolute atomic E-state index is 0.258. The van der Waals surface area contributed by atoms with Crippen LogP contribution in [0.3, 0.4) is 0 Å². The molecule has 4 heterocycles.